The molecule has 1 aliphatic rings. The fraction of sp³-hybridized carbons (Fsp3) is 0.417. The molecule has 1 fully saturated rings. The number of ether oxygens (including phenoxy) is 1. The lowest BCUT2D eigenvalue weighted by atomic mass is 9.89. The molecule has 2 rings (SSSR count). The molecule has 1 heterocycles. The van der Waals surface area contributed by atoms with Crippen molar-refractivity contribution >= 4 is 28.6 Å². The molecule has 3 nitrogen and oxygen atoms in total. The molecule has 0 unspecified atom stereocenters. The third kappa shape index (κ3) is 2.08. The van der Waals surface area contributed by atoms with Crippen molar-refractivity contribution in [1.29, 1.82) is 0 Å². The number of benzene rings is 1. The average molecular weight is 332 g/mol. The van der Waals surface area contributed by atoms with Crippen LogP contribution in [0.4, 0.5) is 0 Å². The van der Waals surface area contributed by atoms with E-state index in [1.807, 2.05) is 30.3 Å². The molecule has 0 aliphatic carbocycles. The van der Waals surface area contributed by atoms with Crippen LogP contribution in [0.5, 0.6) is 0 Å². The minimum atomic E-state index is -0.761. The summed E-state index contributed by atoms with van der Waals surface area (Å²) in [7, 11) is 0. The lowest BCUT2D eigenvalue weighted by molar-refractivity contribution is -0.141. The summed E-state index contributed by atoms with van der Waals surface area (Å²) in [4.78, 5) is 11.0. The highest BCUT2D eigenvalue weighted by Crippen LogP contribution is 2.40. The number of hydrogen-bond donors (Lipinski definition) is 1. The first-order chi connectivity index (χ1) is 7.68. The maximum Gasteiger partial charge on any atom is 0.308 e. The van der Waals surface area contributed by atoms with E-state index in [-0.39, 0.29) is 5.92 Å². The first kappa shape index (κ1) is 11.9. The number of carboxylic acid groups (broad SMARTS) is 1. The SMILES string of the molecule is O=C(O)[C@@H]1CO[C@@](CI)(c2ccccc2)C1. The Hall–Kier alpha value is -0.620. The minimum absolute atomic E-state index is 0.313. The van der Waals surface area contributed by atoms with Crippen LogP contribution < -0.4 is 0 Å². The quantitative estimate of drug-likeness (QED) is 0.683. The normalized spacial score (nSPS) is 29.2. The van der Waals surface area contributed by atoms with Gasteiger partial charge in [-0.25, -0.2) is 0 Å². The van der Waals surface area contributed by atoms with Crippen molar-refractivity contribution in [3.8, 4) is 0 Å². The predicted octanol–water partition coefficient (Wildman–Crippen LogP) is 2.44. The zero-order valence-electron chi connectivity index (χ0n) is 8.73. The zero-order chi connectivity index (χ0) is 11.6. The van der Waals surface area contributed by atoms with E-state index < -0.39 is 11.6 Å². The second-order valence-corrected chi connectivity index (χ2v) is 4.81. The van der Waals surface area contributed by atoms with Crippen LogP contribution in [-0.2, 0) is 15.1 Å². The molecule has 0 radical (unpaired) electrons. The highest BCUT2D eigenvalue weighted by atomic mass is 127. The molecular weight excluding hydrogens is 319 g/mol. The first-order valence-corrected chi connectivity index (χ1v) is 6.69. The number of hydrogen-bond acceptors (Lipinski definition) is 2. The monoisotopic (exact) mass is 332 g/mol. The molecule has 1 aromatic rings. The number of carboxylic acids is 1. The van der Waals surface area contributed by atoms with Crippen molar-refractivity contribution in [2.75, 3.05) is 11.0 Å². The van der Waals surface area contributed by atoms with E-state index in [4.69, 9.17) is 9.84 Å². The topological polar surface area (TPSA) is 46.5 Å². The van der Waals surface area contributed by atoms with E-state index in [1.54, 1.807) is 0 Å². The largest absolute Gasteiger partial charge is 0.481 e. The van der Waals surface area contributed by atoms with E-state index in [9.17, 15) is 4.79 Å². The van der Waals surface area contributed by atoms with Crippen molar-refractivity contribution in [3.05, 3.63) is 35.9 Å². The number of rotatable bonds is 3. The van der Waals surface area contributed by atoms with Gasteiger partial charge in [0.25, 0.3) is 0 Å². The molecule has 1 saturated heterocycles. The molecule has 0 saturated carbocycles. The minimum Gasteiger partial charge on any atom is -0.481 e. The highest BCUT2D eigenvalue weighted by Gasteiger charge is 2.43. The van der Waals surface area contributed by atoms with Crippen molar-refractivity contribution < 1.29 is 14.6 Å². The Morgan fingerprint density at radius 3 is 2.69 bits per heavy atom. The summed E-state index contributed by atoms with van der Waals surface area (Å²) in [5, 5.41) is 9.01. The molecule has 1 N–H and O–H groups in total. The van der Waals surface area contributed by atoms with Crippen LogP contribution in [0.2, 0.25) is 0 Å². The van der Waals surface area contributed by atoms with Gasteiger partial charge in [-0.3, -0.25) is 4.79 Å². The third-order valence-corrected chi connectivity index (χ3v) is 4.23. The summed E-state index contributed by atoms with van der Waals surface area (Å²) in [6.45, 7) is 0.313. The molecule has 86 valence electrons. The summed E-state index contributed by atoms with van der Waals surface area (Å²) in [6.07, 6.45) is 0.565. The fourth-order valence-electron chi connectivity index (χ4n) is 2.05. The van der Waals surface area contributed by atoms with E-state index in [0.717, 1.165) is 9.99 Å². The van der Waals surface area contributed by atoms with Crippen LogP contribution in [0.25, 0.3) is 0 Å². The Bertz CT molecular complexity index is 379. The maximum atomic E-state index is 11.0. The zero-order valence-corrected chi connectivity index (χ0v) is 10.9. The summed E-state index contributed by atoms with van der Waals surface area (Å²) >= 11 is 2.26. The second-order valence-electron chi connectivity index (χ2n) is 4.04. The highest BCUT2D eigenvalue weighted by molar-refractivity contribution is 14.1. The van der Waals surface area contributed by atoms with E-state index in [0.29, 0.717) is 13.0 Å². The Morgan fingerprint density at radius 1 is 1.50 bits per heavy atom. The summed E-state index contributed by atoms with van der Waals surface area (Å²) < 4.78 is 6.54. The summed E-state index contributed by atoms with van der Waals surface area (Å²) in [5.41, 5.74) is 0.665. The molecule has 16 heavy (non-hydrogen) atoms. The lowest BCUT2D eigenvalue weighted by Crippen LogP contribution is -2.27. The van der Waals surface area contributed by atoms with Crippen LogP contribution in [0.3, 0.4) is 0 Å². The van der Waals surface area contributed by atoms with Gasteiger partial charge in [0.1, 0.15) is 5.60 Å². The molecule has 1 aromatic carbocycles. The predicted molar refractivity (Wildman–Crippen MR) is 68.7 cm³/mol. The van der Waals surface area contributed by atoms with Gasteiger partial charge in [0.15, 0.2) is 0 Å². The van der Waals surface area contributed by atoms with Crippen LogP contribution in [0.15, 0.2) is 30.3 Å². The average Bonchev–Trinajstić information content (AvgIpc) is 2.76. The lowest BCUT2D eigenvalue weighted by Gasteiger charge is -2.26. The smallest absolute Gasteiger partial charge is 0.308 e. The van der Waals surface area contributed by atoms with E-state index in [2.05, 4.69) is 22.6 Å². The Kier molecular flexibility index (Phi) is 3.49. The maximum absolute atomic E-state index is 11.0. The summed E-state index contributed by atoms with van der Waals surface area (Å²) in [5.74, 6) is -1.14. The molecule has 1 aliphatic heterocycles. The Balaban J connectivity index is 2.26. The number of carbonyl (C=O) groups is 1. The van der Waals surface area contributed by atoms with Gasteiger partial charge in [-0.1, -0.05) is 52.9 Å². The van der Waals surface area contributed by atoms with Crippen molar-refractivity contribution in [2.24, 2.45) is 5.92 Å². The molecule has 0 bridgehead atoms. The molecule has 2 atom stereocenters. The van der Waals surface area contributed by atoms with Gasteiger partial charge < -0.3 is 9.84 Å². The van der Waals surface area contributed by atoms with Crippen LogP contribution in [0, 0.1) is 5.92 Å². The third-order valence-electron chi connectivity index (χ3n) is 3.00. The number of alkyl halides is 1. The molecule has 0 amide bonds. The standard InChI is InChI=1S/C12H13IO3/c13-8-12(10-4-2-1-3-5-10)6-9(7-16-12)11(14)15/h1-5,9H,6-8H2,(H,14,15)/t9-,12-/m0/s1. The molecular formula is C12H13IO3. The van der Waals surface area contributed by atoms with Gasteiger partial charge >= 0.3 is 5.97 Å². The van der Waals surface area contributed by atoms with Crippen LogP contribution in [-0.4, -0.2) is 22.1 Å². The van der Waals surface area contributed by atoms with Crippen LogP contribution >= 0.6 is 22.6 Å². The van der Waals surface area contributed by atoms with Crippen molar-refractivity contribution in [1.82, 2.24) is 0 Å². The molecule has 0 spiro atoms. The van der Waals surface area contributed by atoms with Gasteiger partial charge in [-0.05, 0) is 12.0 Å². The van der Waals surface area contributed by atoms with Crippen molar-refractivity contribution in [2.45, 2.75) is 12.0 Å². The van der Waals surface area contributed by atoms with E-state index in [1.165, 1.54) is 0 Å². The molecule has 4 heteroatoms. The fourth-order valence-corrected chi connectivity index (χ4v) is 3.02. The summed E-state index contributed by atoms with van der Waals surface area (Å²) in [6, 6.07) is 9.88. The van der Waals surface area contributed by atoms with Gasteiger partial charge in [0, 0.05) is 4.43 Å². The van der Waals surface area contributed by atoms with Gasteiger partial charge in [-0.2, -0.15) is 0 Å². The molecule has 0 aromatic heterocycles. The first-order valence-electron chi connectivity index (χ1n) is 5.16. The number of aliphatic carboxylic acids is 1. The number of halogens is 1. The van der Waals surface area contributed by atoms with E-state index >= 15 is 0 Å². The van der Waals surface area contributed by atoms with Gasteiger partial charge in [0.2, 0.25) is 0 Å². The van der Waals surface area contributed by atoms with Gasteiger partial charge in [0.05, 0.1) is 12.5 Å². The second kappa shape index (κ2) is 4.71. The van der Waals surface area contributed by atoms with Crippen molar-refractivity contribution in [3.63, 3.8) is 0 Å². The van der Waals surface area contributed by atoms with Crippen LogP contribution in [0.1, 0.15) is 12.0 Å². The van der Waals surface area contributed by atoms with Gasteiger partial charge in [-0.15, -0.1) is 0 Å². The Labute approximate surface area is 108 Å². The Morgan fingerprint density at radius 2 is 2.19 bits per heavy atom.